The molecule has 1 spiro atoms. The SMILES string of the molecule is CNC(=O)C(=O)[C@H](CC1CC1)NC(=O)[C@@H]1C[C@]2(CC(c3cc(Cl)ccc3OC)=NO2)CN1C(=O)[C@@H](NC(=O)[C@H]1C[C@@H]1C1C=CC=CC1)C(C)(C)C. The molecule has 1 aromatic carbocycles. The van der Waals surface area contributed by atoms with Crippen LogP contribution in [0.3, 0.4) is 0 Å². The van der Waals surface area contributed by atoms with Gasteiger partial charge >= 0.3 is 0 Å². The molecule has 12 nitrogen and oxygen atoms in total. The van der Waals surface area contributed by atoms with Crippen molar-refractivity contribution in [2.45, 2.75) is 89.4 Å². The molecule has 13 heteroatoms. The van der Waals surface area contributed by atoms with Gasteiger partial charge in [0.2, 0.25) is 23.5 Å². The number of carbonyl (C=O) groups excluding carboxylic acids is 5. The topological polar surface area (TPSA) is 156 Å². The Balaban J connectivity index is 1.26. The van der Waals surface area contributed by atoms with Crippen LogP contribution >= 0.6 is 11.6 Å². The number of allylic oxidation sites excluding steroid dienone is 4. The highest BCUT2D eigenvalue weighted by atomic mass is 35.5. The summed E-state index contributed by atoms with van der Waals surface area (Å²) in [5, 5.41) is 13.1. The van der Waals surface area contributed by atoms with E-state index in [1.165, 1.54) is 11.9 Å². The monoisotopic (exact) mass is 721 g/mol. The fourth-order valence-corrected chi connectivity index (χ4v) is 7.79. The van der Waals surface area contributed by atoms with E-state index in [1.807, 2.05) is 32.9 Å². The van der Waals surface area contributed by atoms with E-state index < -0.39 is 52.6 Å². The number of halogens is 1. The lowest BCUT2D eigenvalue weighted by Crippen LogP contribution is -2.59. The summed E-state index contributed by atoms with van der Waals surface area (Å²) in [5.74, 6) is -1.64. The van der Waals surface area contributed by atoms with Gasteiger partial charge in [-0.2, -0.15) is 0 Å². The summed E-state index contributed by atoms with van der Waals surface area (Å²) < 4.78 is 5.55. The second-order valence-corrected chi connectivity index (χ2v) is 16.2. The van der Waals surface area contributed by atoms with Crippen molar-refractivity contribution in [2.75, 3.05) is 20.7 Å². The Morgan fingerprint density at radius 1 is 1.12 bits per heavy atom. The molecule has 1 saturated heterocycles. The normalized spacial score (nSPS) is 27.6. The molecule has 6 rings (SSSR count). The largest absolute Gasteiger partial charge is 0.496 e. The maximum Gasteiger partial charge on any atom is 0.289 e. The lowest BCUT2D eigenvalue weighted by molar-refractivity contribution is -0.145. The number of oxime groups is 1. The van der Waals surface area contributed by atoms with Crippen LogP contribution < -0.4 is 20.7 Å². The number of methoxy groups -OCH3 is 1. The predicted octanol–water partition coefficient (Wildman–Crippen LogP) is 3.71. The first-order valence-electron chi connectivity index (χ1n) is 17.8. The number of ketones is 1. The summed E-state index contributed by atoms with van der Waals surface area (Å²) in [6.45, 7) is 5.64. The minimum absolute atomic E-state index is 0.00416. The van der Waals surface area contributed by atoms with E-state index in [9.17, 15) is 24.0 Å². The van der Waals surface area contributed by atoms with Crippen LogP contribution in [-0.4, -0.2) is 84.5 Å². The number of hydrogen-bond donors (Lipinski definition) is 3. The molecule has 3 aliphatic carbocycles. The Kier molecular flexibility index (Phi) is 10.4. The molecule has 0 radical (unpaired) electrons. The Morgan fingerprint density at radius 3 is 2.53 bits per heavy atom. The molecular weight excluding hydrogens is 674 g/mol. The van der Waals surface area contributed by atoms with Crippen molar-refractivity contribution in [3.63, 3.8) is 0 Å². The lowest BCUT2D eigenvalue weighted by atomic mass is 9.85. The van der Waals surface area contributed by atoms with E-state index in [2.05, 4.69) is 33.3 Å². The van der Waals surface area contributed by atoms with Gasteiger partial charge in [-0.15, -0.1) is 0 Å². The second kappa shape index (κ2) is 14.4. The smallest absolute Gasteiger partial charge is 0.289 e. The van der Waals surface area contributed by atoms with E-state index in [0.717, 1.165) is 25.7 Å². The van der Waals surface area contributed by atoms with E-state index in [0.29, 0.717) is 28.5 Å². The van der Waals surface area contributed by atoms with E-state index in [4.69, 9.17) is 21.2 Å². The van der Waals surface area contributed by atoms with Crippen molar-refractivity contribution in [3.05, 3.63) is 53.1 Å². The molecule has 7 atom stereocenters. The van der Waals surface area contributed by atoms with Crippen molar-refractivity contribution < 1.29 is 33.5 Å². The van der Waals surface area contributed by atoms with Crippen LogP contribution in [0.4, 0.5) is 0 Å². The quantitative estimate of drug-likeness (QED) is 0.278. The van der Waals surface area contributed by atoms with Gasteiger partial charge in [0.05, 0.1) is 25.4 Å². The van der Waals surface area contributed by atoms with Crippen molar-refractivity contribution in [1.82, 2.24) is 20.9 Å². The molecule has 5 aliphatic rings. The Labute approximate surface area is 303 Å². The van der Waals surface area contributed by atoms with E-state index in [-0.39, 0.29) is 49.0 Å². The number of nitrogens with zero attached hydrogens (tertiary/aromatic N) is 2. The highest BCUT2D eigenvalue weighted by Gasteiger charge is 2.56. The number of Topliss-reactive ketones (excluding diaryl/α,β-unsaturated/α-hetero) is 1. The maximum atomic E-state index is 14.7. The van der Waals surface area contributed by atoms with Crippen LogP contribution in [0.2, 0.25) is 5.02 Å². The van der Waals surface area contributed by atoms with Crippen LogP contribution in [0.15, 0.2) is 47.7 Å². The number of benzene rings is 1. The summed E-state index contributed by atoms with van der Waals surface area (Å²) >= 11 is 6.32. The van der Waals surface area contributed by atoms with E-state index in [1.54, 1.807) is 25.3 Å². The van der Waals surface area contributed by atoms with Gasteiger partial charge in [0, 0.05) is 36.4 Å². The van der Waals surface area contributed by atoms with Crippen LogP contribution in [0.5, 0.6) is 5.75 Å². The van der Waals surface area contributed by atoms with Gasteiger partial charge < -0.3 is 30.4 Å². The standard InChI is InChI=1S/C38H48ClN5O7/c1-37(2,3)32(42-33(46)25-17-24(25)22-9-7-6-8-10-22)36(49)44-20-38(18-28(43-51-38)26-16-23(39)13-14-30(26)50-5)19-29(44)34(47)41-27(15-21-11-12-21)31(45)35(48)40-4/h6-9,13-14,16,21-22,24-25,27,29,32H,10-12,15,17-20H2,1-5H3,(H,40,48)(H,41,47)(H,42,46)/t22?,24-,25+,27+,29+,32-,38-/m1/s1. The van der Waals surface area contributed by atoms with Gasteiger partial charge in [0.25, 0.3) is 5.91 Å². The zero-order valence-corrected chi connectivity index (χ0v) is 30.6. The number of hydrogen-bond acceptors (Lipinski definition) is 8. The zero-order chi connectivity index (χ0) is 36.7. The van der Waals surface area contributed by atoms with Crippen molar-refractivity contribution in [3.8, 4) is 5.75 Å². The van der Waals surface area contributed by atoms with Gasteiger partial charge in [-0.05, 0) is 60.6 Å². The number of likely N-dealkylation sites (N-methyl/N-ethyl adjacent to an activating group) is 1. The molecule has 2 heterocycles. The molecule has 2 aliphatic heterocycles. The molecule has 1 aromatic rings. The molecule has 0 aromatic heterocycles. The number of nitrogens with one attached hydrogen (secondary N) is 3. The van der Waals surface area contributed by atoms with Crippen LogP contribution in [0, 0.1) is 29.1 Å². The molecule has 2 saturated carbocycles. The third-order valence-corrected chi connectivity index (χ3v) is 11.0. The molecule has 3 fully saturated rings. The Morgan fingerprint density at radius 2 is 1.88 bits per heavy atom. The van der Waals surface area contributed by atoms with Gasteiger partial charge in [-0.25, -0.2) is 0 Å². The summed E-state index contributed by atoms with van der Waals surface area (Å²) in [4.78, 5) is 75.7. The zero-order valence-electron chi connectivity index (χ0n) is 29.9. The third kappa shape index (κ3) is 8.00. The maximum absolute atomic E-state index is 14.7. The van der Waals surface area contributed by atoms with Gasteiger partial charge in [0.15, 0.2) is 5.60 Å². The fourth-order valence-electron chi connectivity index (χ4n) is 7.62. The molecule has 3 N–H and O–H groups in total. The minimum atomic E-state index is -1.08. The van der Waals surface area contributed by atoms with Crippen molar-refractivity contribution in [2.24, 2.45) is 34.2 Å². The van der Waals surface area contributed by atoms with Crippen molar-refractivity contribution >= 4 is 46.7 Å². The first kappa shape index (κ1) is 36.6. The summed E-state index contributed by atoms with van der Waals surface area (Å²) in [5.41, 5.74) is -0.602. The molecule has 1 unspecified atom stereocenters. The highest BCUT2D eigenvalue weighted by molar-refractivity contribution is 6.38. The highest BCUT2D eigenvalue weighted by Crippen LogP contribution is 2.48. The van der Waals surface area contributed by atoms with Crippen LogP contribution in [-0.2, 0) is 28.8 Å². The van der Waals surface area contributed by atoms with Crippen LogP contribution in [0.25, 0.3) is 0 Å². The summed E-state index contributed by atoms with van der Waals surface area (Å²) in [6.07, 6.45) is 12.4. The fraction of sp³-hybridized carbons (Fsp3) is 0.579. The molecule has 274 valence electrons. The Hall–Kier alpha value is -4.19. The number of ether oxygens (including phenoxy) is 1. The minimum Gasteiger partial charge on any atom is -0.496 e. The van der Waals surface area contributed by atoms with Crippen LogP contribution in [0.1, 0.15) is 71.3 Å². The molecule has 0 bridgehead atoms. The molecule has 51 heavy (non-hydrogen) atoms. The summed E-state index contributed by atoms with van der Waals surface area (Å²) in [6, 6.07) is 2.10. The lowest BCUT2D eigenvalue weighted by Gasteiger charge is -2.36. The number of amides is 4. The molecular formula is C38H48ClN5O7. The number of carbonyl (C=O) groups is 5. The van der Waals surface area contributed by atoms with Gasteiger partial charge in [-0.3, -0.25) is 24.0 Å². The van der Waals surface area contributed by atoms with Gasteiger partial charge in [-0.1, -0.05) is 74.7 Å². The first-order chi connectivity index (χ1) is 24.2. The van der Waals surface area contributed by atoms with E-state index >= 15 is 0 Å². The predicted molar refractivity (Wildman–Crippen MR) is 191 cm³/mol. The third-order valence-electron chi connectivity index (χ3n) is 10.8. The average molecular weight is 722 g/mol. The number of likely N-dealkylation sites (tertiary alicyclic amines) is 1. The molecule has 4 amide bonds. The Bertz CT molecular complexity index is 1680. The first-order valence-corrected chi connectivity index (χ1v) is 18.2. The number of rotatable bonds is 12. The summed E-state index contributed by atoms with van der Waals surface area (Å²) in [7, 11) is 2.91. The average Bonchev–Trinajstić information content (AvgIpc) is 4.03. The second-order valence-electron chi connectivity index (χ2n) is 15.7. The van der Waals surface area contributed by atoms with Crippen molar-refractivity contribution in [1.29, 1.82) is 0 Å². The van der Waals surface area contributed by atoms with Gasteiger partial charge in [0.1, 0.15) is 17.8 Å².